The van der Waals surface area contributed by atoms with E-state index in [-0.39, 0.29) is 18.0 Å². The summed E-state index contributed by atoms with van der Waals surface area (Å²) < 4.78 is 0. The topological polar surface area (TPSA) is 52.6 Å². The number of aliphatic hydroxyl groups excluding tert-OH is 1. The first kappa shape index (κ1) is 18.6. The first-order valence-corrected chi connectivity index (χ1v) is 9.22. The number of aliphatic hydroxyl groups is 1. The molecule has 3 rings (SSSR count). The zero-order valence-electron chi connectivity index (χ0n) is 15.4. The standard InChI is InChI=1S/C22H27N2O2/c1-16(2)21-23-20(19(25)14-13-17-9-5-3-6-10-17)22(26)24(21)15-18-11-7-4-8-12-18/h3-12,14,16,19-21,23,25H,13,15H2,1-2H3/t19-,20+,21?/m1/s1. The van der Waals surface area contributed by atoms with E-state index in [4.69, 9.17) is 0 Å². The zero-order chi connectivity index (χ0) is 18.5. The van der Waals surface area contributed by atoms with Crippen LogP contribution in [0.2, 0.25) is 0 Å². The molecule has 1 fully saturated rings. The highest BCUT2D eigenvalue weighted by Gasteiger charge is 2.43. The number of carbonyl (C=O) groups excluding carboxylic acids is 1. The van der Waals surface area contributed by atoms with Crippen LogP contribution >= 0.6 is 0 Å². The number of rotatable bonds is 7. The van der Waals surface area contributed by atoms with Gasteiger partial charge in [0.2, 0.25) is 5.91 Å². The lowest BCUT2D eigenvalue weighted by Crippen LogP contribution is -2.43. The molecule has 26 heavy (non-hydrogen) atoms. The molecule has 3 atom stereocenters. The van der Waals surface area contributed by atoms with Gasteiger partial charge in [-0.15, -0.1) is 0 Å². The molecule has 0 bridgehead atoms. The van der Waals surface area contributed by atoms with Crippen LogP contribution in [-0.4, -0.2) is 34.2 Å². The number of hydrogen-bond acceptors (Lipinski definition) is 3. The minimum absolute atomic E-state index is 0.0376. The third-order valence-electron chi connectivity index (χ3n) is 4.84. The molecule has 0 aromatic heterocycles. The molecule has 2 aromatic rings. The predicted octanol–water partition coefficient (Wildman–Crippen LogP) is 2.78. The molecule has 0 spiro atoms. The molecule has 4 nitrogen and oxygen atoms in total. The average molecular weight is 351 g/mol. The Balaban J connectivity index is 1.67. The molecule has 4 heteroatoms. The van der Waals surface area contributed by atoms with E-state index >= 15 is 0 Å². The van der Waals surface area contributed by atoms with Crippen molar-refractivity contribution in [1.82, 2.24) is 10.2 Å². The largest absolute Gasteiger partial charge is 0.391 e. The summed E-state index contributed by atoms with van der Waals surface area (Å²) >= 11 is 0. The van der Waals surface area contributed by atoms with Gasteiger partial charge in [0.1, 0.15) is 6.04 Å². The second-order valence-electron chi connectivity index (χ2n) is 7.20. The molecule has 0 aliphatic carbocycles. The van der Waals surface area contributed by atoms with Gasteiger partial charge < -0.3 is 10.0 Å². The number of amides is 1. The van der Waals surface area contributed by atoms with Gasteiger partial charge in [-0.2, -0.15) is 0 Å². The Bertz CT molecular complexity index is 703. The highest BCUT2D eigenvalue weighted by Crippen LogP contribution is 2.23. The van der Waals surface area contributed by atoms with Crippen molar-refractivity contribution in [1.29, 1.82) is 0 Å². The van der Waals surface area contributed by atoms with E-state index in [0.717, 1.165) is 11.1 Å². The highest BCUT2D eigenvalue weighted by molar-refractivity contribution is 5.85. The molecule has 2 aromatic carbocycles. The highest BCUT2D eigenvalue weighted by atomic mass is 16.3. The number of benzene rings is 2. The molecule has 2 N–H and O–H groups in total. The molecule has 1 amide bonds. The molecule has 1 unspecified atom stereocenters. The molecule has 0 saturated carbocycles. The summed E-state index contributed by atoms with van der Waals surface area (Å²) in [6.45, 7) is 4.73. The quantitative estimate of drug-likeness (QED) is 0.806. The van der Waals surface area contributed by atoms with Crippen molar-refractivity contribution >= 4 is 5.91 Å². The van der Waals surface area contributed by atoms with Gasteiger partial charge in [-0.05, 0) is 29.9 Å². The summed E-state index contributed by atoms with van der Waals surface area (Å²) in [7, 11) is 0. The fourth-order valence-electron chi connectivity index (χ4n) is 3.42. The van der Waals surface area contributed by atoms with Gasteiger partial charge in [0, 0.05) is 6.54 Å². The smallest absolute Gasteiger partial charge is 0.244 e. The lowest BCUT2D eigenvalue weighted by atomic mass is 10.0. The summed E-state index contributed by atoms with van der Waals surface area (Å²) in [6, 6.07) is 19.4. The van der Waals surface area contributed by atoms with Gasteiger partial charge >= 0.3 is 0 Å². The summed E-state index contributed by atoms with van der Waals surface area (Å²) in [5.74, 6) is 0.221. The molecule has 1 heterocycles. The maximum atomic E-state index is 13.0. The van der Waals surface area contributed by atoms with E-state index in [2.05, 4.69) is 19.2 Å². The van der Waals surface area contributed by atoms with Crippen molar-refractivity contribution in [2.75, 3.05) is 0 Å². The lowest BCUT2D eigenvalue weighted by molar-refractivity contribution is -0.132. The Morgan fingerprint density at radius 2 is 1.62 bits per heavy atom. The van der Waals surface area contributed by atoms with Gasteiger partial charge in [-0.3, -0.25) is 10.1 Å². The minimum Gasteiger partial charge on any atom is -0.391 e. The average Bonchev–Trinajstić information content (AvgIpc) is 2.98. The predicted molar refractivity (Wildman–Crippen MR) is 103 cm³/mol. The Hall–Kier alpha value is -2.17. The van der Waals surface area contributed by atoms with Crippen molar-refractivity contribution < 1.29 is 9.90 Å². The number of nitrogens with zero attached hydrogens (tertiary/aromatic N) is 1. The summed E-state index contributed by atoms with van der Waals surface area (Å²) in [5.41, 5.74) is 2.22. The van der Waals surface area contributed by atoms with Crippen LogP contribution in [-0.2, 0) is 17.8 Å². The van der Waals surface area contributed by atoms with Crippen LogP contribution in [0, 0.1) is 12.3 Å². The SMILES string of the molecule is CC(C)C1N[C@@H]([C@H](O)[CH]Cc2ccccc2)C(=O)N1Cc1ccccc1. The second kappa shape index (κ2) is 8.47. The van der Waals surface area contributed by atoms with Crippen LogP contribution in [0.15, 0.2) is 60.7 Å². The van der Waals surface area contributed by atoms with Gasteiger partial charge in [0.15, 0.2) is 0 Å². The van der Waals surface area contributed by atoms with Crippen molar-refractivity contribution in [3.05, 3.63) is 78.2 Å². The van der Waals surface area contributed by atoms with Crippen LogP contribution in [0.25, 0.3) is 0 Å². The maximum absolute atomic E-state index is 13.0. The molecular weight excluding hydrogens is 324 g/mol. The van der Waals surface area contributed by atoms with E-state index in [1.54, 1.807) is 0 Å². The van der Waals surface area contributed by atoms with Crippen LogP contribution in [0.3, 0.4) is 0 Å². The van der Waals surface area contributed by atoms with Gasteiger partial charge in [-0.25, -0.2) is 0 Å². The van der Waals surface area contributed by atoms with E-state index < -0.39 is 12.1 Å². The second-order valence-corrected chi connectivity index (χ2v) is 7.20. The van der Waals surface area contributed by atoms with E-state index in [9.17, 15) is 9.90 Å². The third kappa shape index (κ3) is 4.32. The van der Waals surface area contributed by atoms with Crippen LogP contribution in [0.4, 0.5) is 0 Å². The van der Waals surface area contributed by atoms with Gasteiger partial charge in [0.25, 0.3) is 0 Å². The zero-order valence-corrected chi connectivity index (χ0v) is 15.4. The molecule has 1 radical (unpaired) electrons. The van der Waals surface area contributed by atoms with Crippen LogP contribution < -0.4 is 5.32 Å². The fourth-order valence-corrected chi connectivity index (χ4v) is 3.42. The van der Waals surface area contributed by atoms with E-state index in [1.807, 2.05) is 72.0 Å². The summed E-state index contributed by atoms with van der Waals surface area (Å²) in [4.78, 5) is 14.8. The van der Waals surface area contributed by atoms with Crippen LogP contribution in [0.5, 0.6) is 0 Å². The van der Waals surface area contributed by atoms with Crippen molar-refractivity contribution in [3.63, 3.8) is 0 Å². The Morgan fingerprint density at radius 3 is 2.19 bits per heavy atom. The lowest BCUT2D eigenvalue weighted by Gasteiger charge is -2.27. The minimum atomic E-state index is -0.815. The number of hydrogen-bond donors (Lipinski definition) is 2. The van der Waals surface area contributed by atoms with E-state index in [0.29, 0.717) is 13.0 Å². The monoisotopic (exact) mass is 351 g/mol. The van der Waals surface area contributed by atoms with Crippen molar-refractivity contribution in [2.24, 2.45) is 5.92 Å². The van der Waals surface area contributed by atoms with Crippen molar-refractivity contribution in [3.8, 4) is 0 Å². The Labute approximate surface area is 155 Å². The molecular formula is C22H27N2O2. The van der Waals surface area contributed by atoms with E-state index in [1.165, 1.54) is 0 Å². The van der Waals surface area contributed by atoms with Crippen molar-refractivity contribution in [2.45, 2.75) is 45.1 Å². The number of carbonyl (C=O) groups is 1. The van der Waals surface area contributed by atoms with Gasteiger partial charge in [0.05, 0.1) is 12.3 Å². The molecule has 1 aliphatic heterocycles. The summed E-state index contributed by atoms with van der Waals surface area (Å²) in [5, 5.41) is 13.9. The molecule has 1 aliphatic rings. The normalized spacial score (nSPS) is 21.4. The van der Waals surface area contributed by atoms with Crippen LogP contribution in [0.1, 0.15) is 25.0 Å². The number of nitrogens with one attached hydrogen (secondary N) is 1. The Kier molecular flexibility index (Phi) is 6.07. The molecule has 137 valence electrons. The Morgan fingerprint density at radius 1 is 1.04 bits per heavy atom. The van der Waals surface area contributed by atoms with Gasteiger partial charge in [-0.1, -0.05) is 74.5 Å². The first-order valence-electron chi connectivity index (χ1n) is 9.22. The maximum Gasteiger partial charge on any atom is 0.244 e. The third-order valence-corrected chi connectivity index (χ3v) is 4.84. The first-order chi connectivity index (χ1) is 12.6. The summed E-state index contributed by atoms with van der Waals surface area (Å²) in [6.07, 6.45) is 1.56. The fraction of sp³-hybridized carbons (Fsp3) is 0.364. The molecule has 1 saturated heterocycles.